The Balaban J connectivity index is 2.31. The van der Waals surface area contributed by atoms with Gasteiger partial charge in [0.05, 0.1) is 22.5 Å². The number of anilines is 1. The third-order valence-electron chi connectivity index (χ3n) is 2.82. The zero-order valence-corrected chi connectivity index (χ0v) is 12.7. The second-order valence-corrected chi connectivity index (χ2v) is 5.26. The van der Waals surface area contributed by atoms with Gasteiger partial charge in [-0.1, -0.05) is 15.9 Å². The molecule has 2 aromatic rings. The standard InChI is InChI=1S/C15H12BrN3O/c1-9-3-5-13(10(2)18-9)15(20)19-14-6-4-12(16)7-11(14)8-17/h3-7H,1-2H3,(H,19,20). The highest BCUT2D eigenvalue weighted by atomic mass is 79.9. The van der Waals surface area contributed by atoms with Crippen molar-refractivity contribution in [2.45, 2.75) is 13.8 Å². The summed E-state index contributed by atoms with van der Waals surface area (Å²) in [5.41, 5.74) is 2.92. The number of nitriles is 1. The van der Waals surface area contributed by atoms with E-state index >= 15 is 0 Å². The summed E-state index contributed by atoms with van der Waals surface area (Å²) in [5, 5.41) is 11.8. The van der Waals surface area contributed by atoms with Gasteiger partial charge in [0.25, 0.3) is 5.91 Å². The molecule has 20 heavy (non-hydrogen) atoms. The fourth-order valence-corrected chi connectivity index (χ4v) is 2.20. The Hall–Kier alpha value is -2.19. The predicted octanol–water partition coefficient (Wildman–Crippen LogP) is 3.58. The number of hydrogen-bond donors (Lipinski definition) is 1. The van der Waals surface area contributed by atoms with Crippen LogP contribution in [0.3, 0.4) is 0 Å². The topological polar surface area (TPSA) is 65.8 Å². The van der Waals surface area contributed by atoms with E-state index in [0.29, 0.717) is 22.5 Å². The molecule has 1 amide bonds. The Bertz CT molecular complexity index is 720. The molecule has 100 valence electrons. The lowest BCUT2D eigenvalue weighted by molar-refractivity contribution is 0.102. The quantitative estimate of drug-likeness (QED) is 0.915. The minimum Gasteiger partial charge on any atom is -0.321 e. The Morgan fingerprint density at radius 3 is 2.70 bits per heavy atom. The van der Waals surface area contributed by atoms with Crippen LogP contribution in [-0.4, -0.2) is 10.9 Å². The lowest BCUT2D eigenvalue weighted by atomic mass is 10.1. The number of amides is 1. The van der Waals surface area contributed by atoms with Crippen molar-refractivity contribution in [2.75, 3.05) is 5.32 Å². The minimum atomic E-state index is -0.270. The van der Waals surface area contributed by atoms with Crippen molar-refractivity contribution in [1.82, 2.24) is 4.98 Å². The van der Waals surface area contributed by atoms with Gasteiger partial charge in [-0.2, -0.15) is 5.26 Å². The summed E-state index contributed by atoms with van der Waals surface area (Å²) in [6, 6.07) is 10.7. The van der Waals surface area contributed by atoms with Crippen molar-refractivity contribution in [3.8, 4) is 6.07 Å². The average molecular weight is 330 g/mol. The molecule has 0 unspecified atom stereocenters. The van der Waals surface area contributed by atoms with Gasteiger partial charge in [-0.25, -0.2) is 0 Å². The van der Waals surface area contributed by atoms with Crippen molar-refractivity contribution in [2.24, 2.45) is 0 Å². The third-order valence-corrected chi connectivity index (χ3v) is 3.31. The number of hydrogen-bond acceptors (Lipinski definition) is 3. The van der Waals surface area contributed by atoms with Crippen LogP contribution in [0.1, 0.15) is 27.3 Å². The summed E-state index contributed by atoms with van der Waals surface area (Å²) in [5.74, 6) is -0.270. The molecule has 1 heterocycles. The van der Waals surface area contributed by atoms with Crippen LogP contribution in [0.25, 0.3) is 0 Å². The molecule has 0 saturated heterocycles. The maximum Gasteiger partial charge on any atom is 0.257 e. The predicted molar refractivity (Wildman–Crippen MR) is 80.5 cm³/mol. The summed E-state index contributed by atoms with van der Waals surface area (Å²) in [6.07, 6.45) is 0. The molecule has 0 aliphatic carbocycles. The zero-order chi connectivity index (χ0) is 14.7. The van der Waals surface area contributed by atoms with Crippen LogP contribution in [0.4, 0.5) is 5.69 Å². The van der Waals surface area contributed by atoms with Gasteiger partial charge in [0.1, 0.15) is 6.07 Å². The normalized spacial score (nSPS) is 9.90. The number of nitrogens with one attached hydrogen (secondary N) is 1. The molecule has 5 heteroatoms. The number of carbonyl (C=O) groups excluding carboxylic acids is 1. The van der Waals surface area contributed by atoms with E-state index in [1.807, 2.05) is 6.92 Å². The molecular formula is C15H12BrN3O. The van der Waals surface area contributed by atoms with Crippen molar-refractivity contribution < 1.29 is 4.79 Å². The first-order chi connectivity index (χ1) is 9.51. The highest BCUT2D eigenvalue weighted by Gasteiger charge is 2.12. The van der Waals surface area contributed by atoms with Crippen molar-refractivity contribution in [1.29, 1.82) is 5.26 Å². The summed E-state index contributed by atoms with van der Waals surface area (Å²) in [7, 11) is 0. The van der Waals surface area contributed by atoms with Gasteiger partial charge in [-0.05, 0) is 44.2 Å². The monoisotopic (exact) mass is 329 g/mol. The van der Waals surface area contributed by atoms with E-state index < -0.39 is 0 Å². The van der Waals surface area contributed by atoms with Crippen LogP contribution in [0, 0.1) is 25.2 Å². The van der Waals surface area contributed by atoms with Crippen LogP contribution >= 0.6 is 15.9 Å². The highest BCUT2D eigenvalue weighted by Crippen LogP contribution is 2.21. The average Bonchev–Trinajstić information content (AvgIpc) is 2.40. The molecule has 0 radical (unpaired) electrons. The molecule has 1 N–H and O–H groups in total. The van der Waals surface area contributed by atoms with Gasteiger partial charge in [0, 0.05) is 10.2 Å². The molecule has 2 rings (SSSR count). The Labute approximate surface area is 125 Å². The van der Waals surface area contributed by atoms with E-state index in [0.717, 1.165) is 10.2 Å². The molecule has 1 aromatic carbocycles. The lowest BCUT2D eigenvalue weighted by Crippen LogP contribution is -2.15. The SMILES string of the molecule is Cc1ccc(C(=O)Nc2ccc(Br)cc2C#N)c(C)n1. The van der Waals surface area contributed by atoms with E-state index in [4.69, 9.17) is 5.26 Å². The Morgan fingerprint density at radius 2 is 2.05 bits per heavy atom. The number of halogens is 1. The number of pyridine rings is 1. The van der Waals surface area contributed by atoms with Crippen LogP contribution < -0.4 is 5.32 Å². The summed E-state index contributed by atoms with van der Waals surface area (Å²) in [6.45, 7) is 3.66. The van der Waals surface area contributed by atoms with Gasteiger partial charge in [0.15, 0.2) is 0 Å². The molecule has 4 nitrogen and oxygen atoms in total. The fourth-order valence-electron chi connectivity index (χ4n) is 1.83. The second kappa shape index (κ2) is 5.85. The van der Waals surface area contributed by atoms with Crippen LogP contribution in [0.5, 0.6) is 0 Å². The van der Waals surface area contributed by atoms with Crippen molar-refractivity contribution in [3.63, 3.8) is 0 Å². The number of aryl methyl sites for hydroxylation is 2. The number of aromatic nitrogens is 1. The fraction of sp³-hybridized carbons (Fsp3) is 0.133. The van der Waals surface area contributed by atoms with E-state index in [1.54, 1.807) is 37.3 Å². The molecular weight excluding hydrogens is 318 g/mol. The van der Waals surface area contributed by atoms with Gasteiger partial charge in [-0.3, -0.25) is 9.78 Å². The summed E-state index contributed by atoms with van der Waals surface area (Å²) >= 11 is 3.29. The number of rotatable bonds is 2. The summed E-state index contributed by atoms with van der Waals surface area (Å²) < 4.78 is 0.792. The molecule has 0 atom stereocenters. The second-order valence-electron chi connectivity index (χ2n) is 4.34. The van der Waals surface area contributed by atoms with Crippen LogP contribution in [0.2, 0.25) is 0 Å². The maximum atomic E-state index is 12.2. The number of carbonyl (C=O) groups is 1. The summed E-state index contributed by atoms with van der Waals surface area (Å²) in [4.78, 5) is 16.5. The zero-order valence-electron chi connectivity index (χ0n) is 11.1. The van der Waals surface area contributed by atoms with Gasteiger partial charge >= 0.3 is 0 Å². The smallest absolute Gasteiger partial charge is 0.257 e. The molecule has 0 spiro atoms. The first-order valence-electron chi connectivity index (χ1n) is 5.96. The van der Waals surface area contributed by atoms with Crippen LogP contribution in [-0.2, 0) is 0 Å². The van der Waals surface area contributed by atoms with Crippen molar-refractivity contribution >= 4 is 27.5 Å². The van der Waals surface area contributed by atoms with E-state index in [9.17, 15) is 4.79 Å². The number of nitrogens with zero attached hydrogens (tertiary/aromatic N) is 2. The highest BCUT2D eigenvalue weighted by molar-refractivity contribution is 9.10. The Kier molecular flexibility index (Phi) is 4.16. The van der Waals surface area contributed by atoms with Gasteiger partial charge in [-0.15, -0.1) is 0 Å². The largest absolute Gasteiger partial charge is 0.321 e. The first kappa shape index (κ1) is 14.2. The first-order valence-corrected chi connectivity index (χ1v) is 6.76. The van der Waals surface area contributed by atoms with Crippen LogP contribution in [0.15, 0.2) is 34.8 Å². The molecule has 0 aliphatic heterocycles. The maximum absolute atomic E-state index is 12.2. The molecule has 1 aromatic heterocycles. The Morgan fingerprint density at radius 1 is 1.30 bits per heavy atom. The molecule has 0 saturated carbocycles. The van der Waals surface area contributed by atoms with Crippen molar-refractivity contribution in [3.05, 3.63) is 57.3 Å². The van der Waals surface area contributed by atoms with E-state index in [-0.39, 0.29) is 5.91 Å². The van der Waals surface area contributed by atoms with E-state index in [2.05, 4.69) is 32.3 Å². The number of benzene rings is 1. The lowest BCUT2D eigenvalue weighted by Gasteiger charge is -2.09. The third kappa shape index (κ3) is 3.03. The molecule has 0 bridgehead atoms. The minimum absolute atomic E-state index is 0.270. The van der Waals surface area contributed by atoms with E-state index in [1.165, 1.54) is 0 Å². The van der Waals surface area contributed by atoms with Gasteiger partial charge in [0.2, 0.25) is 0 Å². The van der Waals surface area contributed by atoms with Gasteiger partial charge < -0.3 is 5.32 Å². The molecule has 0 fully saturated rings. The molecule has 0 aliphatic rings.